The quantitative estimate of drug-likeness (QED) is 0.249. The number of thioether (sulfide) groups is 1. The van der Waals surface area contributed by atoms with Crippen LogP contribution in [0.2, 0.25) is 5.02 Å². The Morgan fingerprint density at radius 1 is 1.03 bits per heavy atom. The first-order chi connectivity index (χ1) is 15.9. The number of ketones is 1. The minimum atomic E-state index is -0.493. The van der Waals surface area contributed by atoms with Crippen LogP contribution in [0.1, 0.15) is 21.5 Å². The molecule has 166 valence electrons. The van der Waals surface area contributed by atoms with Crippen LogP contribution in [0, 0.1) is 0 Å². The van der Waals surface area contributed by atoms with Gasteiger partial charge < -0.3 is 4.74 Å². The molecule has 0 atom stereocenters. The lowest BCUT2D eigenvalue weighted by Crippen LogP contribution is -2.33. The first-order valence-corrected chi connectivity index (χ1v) is 11.9. The number of amides is 2. The Balaban J connectivity index is 1.43. The van der Waals surface area contributed by atoms with Crippen molar-refractivity contribution < 1.29 is 19.1 Å². The molecule has 3 aromatic rings. The number of hydrogen-bond acceptors (Lipinski definition) is 5. The topological polar surface area (TPSA) is 63.7 Å². The summed E-state index contributed by atoms with van der Waals surface area (Å²) >= 11 is 10.2. The molecule has 1 heterocycles. The lowest BCUT2D eigenvalue weighted by Gasteiger charge is -2.11. The van der Waals surface area contributed by atoms with Crippen molar-refractivity contribution in [2.24, 2.45) is 0 Å². The normalized spacial score (nSPS) is 14.7. The van der Waals surface area contributed by atoms with Crippen molar-refractivity contribution in [2.45, 2.75) is 6.61 Å². The highest BCUT2D eigenvalue weighted by molar-refractivity contribution is 9.10. The Kier molecular flexibility index (Phi) is 7.33. The van der Waals surface area contributed by atoms with Crippen LogP contribution in [0.5, 0.6) is 5.75 Å². The van der Waals surface area contributed by atoms with Gasteiger partial charge in [0.25, 0.3) is 11.1 Å². The van der Waals surface area contributed by atoms with Crippen molar-refractivity contribution in [2.75, 3.05) is 6.54 Å². The molecule has 2 amide bonds. The van der Waals surface area contributed by atoms with Crippen LogP contribution in [0.25, 0.3) is 6.08 Å². The zero-order valence-electron chi connectivity index (χ0n) is 17.2. The van der Waals surface area contributed by atoms with E-state index < -0.39 is 11.1 Å². The molecule has 0 spiro atoms. The number of carbonyl (C=O) groups is 3. The molecule has 33 heavy (non-hydrogen) atoms. The van der Waals surface area contributed by atoms with E-state index in [0.717, 1.165) is 32.3 Å². The zero-order chi connectivity index (χ0) is 23.4. The van der Waals surface area contributed by atoms with Gasteiger partial charge in [0.05, 0.1) is 15.9 Å². The molecule has 8 heteroatoms. The summed E-state index contributed by atoms with van der Waals surface area (Å²) in [5, 5.41) is 0.0266. The number of carbonyl (C=O) groups excluding carboxylic acids is 3. The van der Waals surface area contributed by atoms with E-state index in [1.54, 1.807) is 42.5 Å². The van der Waals surface area contributed by atoms with E-state index in [-0.39, 0.29) is 17.2 Å². The van der Waals surface area contributed by atoms with Crippen molar-refractivity contribution in [1.82, 2.24) is 4.90 Å². The van der Waals surface area contributed by atoms with Gasteiger partial charge in [-0.05, 0) is 81.3 Å². The molecule has 0 aliphatic carbocycles. The number of rotatable bonds is 7. The molecule has 0 radical (unpaired) electrons. The van der Waals surface area contributed by atoms with E-state index >= 15 is 0 Å². The highest BCUT2D eigenvalue weighted by atomic mass is 79.9. The number of ether oxygens (including phenoxy) is 1. The number of imide groups is 1. The van der Waals surface area contributed by atoms with Gasteiger partial charge in [0.15, 0.2) is 5.78 Å². The fraction of sp³-hybridized carbons (Fsp3) is 0.0800. The summed E-state index contributed by atoms with van der Waals surface area (Å²) < 4.78 is 6.57. The molecule has 0 saturated carbocycles. The summed E-state index contributed by atoms with van der Waals surface area (Å²) in [7, 11) is 0. The molecule has 1 fully saturated rings. The number of benzene rings is 3. The maximum atomic E-state index is 12.8. The standard InChI is InChI=1S/C25H17BrClNO4S/c26-20-12-17(6-11-22(20)32-15-16-4-2-1-3-5-16)13-23-24(30)28(25(31)33-23)14-21(29)18-7-9-19(27)10-8-18/h1-13H,14-15H2/b23-13+. The van der Waals surface area contributed by atoms with Crippen LogP contribution in [0.3, 0.4) is 0 Å². The van der Waals surface area contributed by atoms with Crippen LogP contribution in [-0.2, 0) is 11.4 Å². The molecule has 1 saturated heterocycles. The summed E-state index contributed by atoms with van der Waals surface area (Å²) in [6.45, 7) is 0.110. The van der Waals surface area contributed by atoms with Gasteiger partial charge in [0.1, 0.15) is 12.4 Å². The second kappa shape index (κ2) is 10.4. The van der Waals surface area contributed by atoms with Crippen LogP contribution in [0.4, 0.5) is 4.79 Å². The van der Waals surface area contributed by atoms with Crippen molar-refractivity contribution in [3.8, 4) is 5.75 Å². The largest absolute Gasteiger partial charge is 0.488 e. The Morgan fingerprint density at radius 2 is 1.76 bits per heavy atom. The van der Waals surface area contributed by atoms with E-state index in [2.05, 4.69) is 15.9 Å². The van der Waals surface area contributed by atoms with E-state index in [1.165, 1.54) is 0 Å². The molecular weight excluding hydrogens is 526 g/mol. The van der Waals surface area contributed by atoms with E-state index in [1.807, 2.05) is 36.4 Å². The third kappa shape index (κ3) is 5.74. The fourth-order valence-electron chi connectivity index (χ4n) is 3.12. The molecule has 1 aliphatic heterocycles. The van der Waals surface area contributed by atoms with Crippen molar-refractivity contribution in [1.29, 1.82) is 0 Å². The number of halogens is 2. The molecule has 5 nitrogen and oxygen atoms in total. The van der Waals surface area contributed by atoms with Gasteiger partial charge in [-0.2, -0.15) is 0 Å². The second-order valence-electron chi connectivity index (χ2n) is 7.16. The monoisotopic (exact) mass is 541 g/mol. The summed E-state index contributed by atoms with van der Waals surface area (Å²) in [5.74, 6) is -0.164. The highest BCUT2D eigenvalue weighted by Gasteiger charge is 2.36. The third-order valence-electron chi connectivity index (χ3n) is 4.83. The predicted molar refractivity (Wildman–Crippen MR) is 133 cm³/mol. The van der Waals surface area contributed by atoms with Crippen LogP contribution in [0.15, 0.2) is 82.2 Å². The highest BCUT2D eigenvalue weighted by Crippen LogP contribution is 2.34. The first-order valence-electron chi connectivity index (χ1n) is 9.91. The van der Waals surface area contributed by atoms with Crippen LogP contribution in [-0.4, -0.2) is 28.4 Å². The Hall–Kier alpha value is -2.87. The number of nitrogens with zero attached hydrogens (tertiary/aromatic N) is 1. The van der Waals surface area contributed by atoms with Gasteiger partial charge in [-0.3, -0.25) is 19.3 Å². The van der Waals surface area contributed by atoms with E-state index in [4.69, 9.17) is 16.3 Å². The average molecular weight is 543 g/mol. The third-order valence-corrected chi connectivity index (χ3v) is 6.61. The Morgan fingerprint density at radius 3 is 2.45 bits per heavy atom. The van der Waals surface area contributed by atoms with Gasteiger partial charge in [-0.1, -0.05) is 48.0 Å². The molecular formula is C25H17BrClNO4S. The zero-order valence-corrected chi connectivity index (χ0v) is 20.3. The first kappa shape index (κ1) is 23.3. The molecule has 0 N–H and O–H groups in total. The van der Waals surface area contributed by atoms with Crippen molar-refractivity contribution >= 4 is 62.3 Å². The van der Waals surface area contributed by atoms with Gasteiger partial charge in [0, 0.05) is 10.6 Å². The van der Waals surface area contributed by atoms with Crippen molar-refractivity contribution in [3.63, 3.8) is 0 Å². The molecule has 0 unspecified atom stereocenters. The van der Waals surface area contributed by atoms with Gasteiger partial charge in [-0.25, -0.2) is 0 Å². The predicted octanol–water partition coefficient (Wildman–Crippen LogP) is 6.60. The Labute approximate surface area is 208 Å². The number of hydrogen-bond donors (Lipinski definition) is 0. The minimum Gasteiger partial charge on any atom is -0.488 e. The number of Topliss-reactive ketones (excluding diaryl/α,β-unsaturated/α-hetero) is 1. The Bertz CT molecular complexity index is 1250. The molecule has 4 rings (SSSR count). The minimum absolute atomic E-state index is 0.258. The molecule has 0 bridgehead atoms. The summed E-state index contributed by atoms with van der Waals surface area (Å²) in [6, 6.07) is 21.5. The summed E-state index contributed by atoms with van der Waals surface area (Å²) in [4.78, 5) is 38.8. The van der Waals surface area contributed by atoms with Crippen LogP contribution >= 0.6 is 39.3 Å². The fourth-order valence-corrected chi connectivity index (χ4v) is 4.59. The maximum absolute atomic E-state index is 12.8. The van der Waals surface area contributed by atoms with Gasteiger partial charge in [0.2, 0.25) is 0 Å². The van der Waals surface area contributed by atoms with Crippen molar-refractivity contribution in [3.05, 3.63) is 104 Å². The molecule has 1 aliphatic rings. The van der Waals surface area contributed by atoms with Crippen LogP contribution < -0.4 is 4.74 Å². The lowest BCUT2D eigenvalue weighted by molar-refractivity contribution is -0.122. The smallest absolute Gasteiger partial charge is 0.293 e. The van der Waals surface area contributed by atoms with Gasteiger partial charge >= 0.3 is 0 Å². The van der Waals surface area contributed by atoms with E-state index in [0.29, 0.717) is 22.9 Å². The van der Waals surface area contributed by atoms with Gasteiger partial charge in [-0.15, -0.1) is 0 Å². The molecule has 0 aromatic heterocycles. The maximum Gasteiger partial charge on any atom is 0.293 e. The summed E-state index contributed by atoms with van der Waals surface area (Å²) in [5.41, 5.74) is 2.16. The average Bonchev–Trinajstić information content (AvgIpc) is 3.07. The summed E-state index contributed by atoms with van der Waals surface area (Å²) in [6.07, 6.45) is 1.63. The second-order valence-corrected chi connectivity index (χ2v) is 9.45. The van der Waals surface area contributed by atoms with E-state index in [9.17, 15) is 14.4 Å². The molecule has 3 aromatic carbocycles. The lowest BCUT2D eigenvalue weighted by atomic mass is 10.1. The SMILES string of the molecule is O=C(CN1C(=O)S/C(=C/c2ccc(OCc3ccccc3)c(Br)c2)C1=O)c1ccc(Cl)cc1.